The molecule has 0 aliphatic carbocycles. The second kappa shape index (κ2) is 5.54. The van der Waals surface area contributed by atoms with Crippen LogP contribution >= 0.6 is 0 Å². The van der Waals surface area contributed by atoms with Gasteiger partial charge in [0.2, 0.25) is 5.95 Å². The molecule has 27 heavy (non-hydrogen) atoms. The highest BCUT2D eigenvalue weighted by atomic mass is 16.5. The Balaban J connectivity index is 1.94. The maximum Gasteiger partial charge on any atom is 0.222 e. The van der Waals surface area contributed by atoms with E-state index in [4.69, 9.17) is 16.2 Å². The van der Waals surface area contributed by atoms with Crippen molar-refractivity contribution in [2.45, 2.75) is 19.8 Å². The van der Waals surface area contributed by atoms with Gasteiger partial charge in [0.05, 0.1) is 23.0 Å². The topological polar surface area (TPSA) is 99.9 Å². The summed E-state index contributed by atoms with van der Waals surface area (Å²) < 4.78 is 6.03. The minimum atomic E-state index is 0.160. The molecule has 6 heteroatoms. The van der Waals surface area contributed by atoms with Crippen molar-refractivity contribution in [1.29, 1.82) is 0 Å². The van der Waals surface area contributed by atoms with Crippen molar-refractivity contribution in [2.75, 3.05) is 18.1 Å². The second-order valence-corrected chi connectivity index (χ2v) is 7.07. The van der Waals surface area contributed by atoms with Crippen molar-refractivity contribution in [3.05, 3.63) is 47.7 Å². The number of nitrogens with zero attached hydrogens (tertiary/aromatic N) is 3. The summed E-state index contributed by atoms with van der Waals surface area (Å²) in [4.78, 5) is 13.2. The van der Waals surface area contributed by atoms with Crippen LogP contribution in [0.2, 0.25) is 0 Å². The Bertz CT molecular complexity index is 1230. The van der Waals surface area contributed by atoms with Gasteiger partial charge in [0.25, 0.3) is 0 Å². The summed E-state index contributed by atoms with van der Waals surface area (Å²) in [5, 5.41) is 1.83. The van der Waals surface area contributed by atoms with Gasteiger partial charge in [-0.1, -0.05) is 25.1 Å². The van der Waals surface area contributed by atoms with Gasteiger partial charge in [-0.15, -0.1) is 0 Å². The highest BCUT2D eigenvalue weighted by Gasteiger charge is 2.29. The van der Waals surface area contributed by atoms with Crippen LogP contribution in [-0.2, 0) is 0 Å². The van der Waals surface area contributed by atoms with Crippen molar-refractivity contribution < 1.29 is 4.74 Å². The minimum absolute atomic E-state index is 0.160. The van der Waals surface area contributed by atoms with Crippen molar-refractivity contribution >= 4 is 33.6 Å². The van der Waals surface area contributed by atoms with E-state index in [2.05, 4.69) is 40.1 Å². The van der Waals surface area contributed by atoms with Crippen LogP contribution in [0.1, 0.15) is 24.1 Å². The SMILES string of the molecule is Cc1cc(-c2cc3nc(N)nc(N)c3c3c2C(C)CO3)c2ccccc2n1. The van der Waals surface area contributed by atoms with Crippen molar-refractivity contribution in [1.82, 2.24) is 15.0 Å². The molecule has 0 bridgehead atoms. The number of rotatable bonds is 1. The number of anilines is 2. The minimum Gasteiger partial charge on any atom is -0.492 e. The monoisotopic (exact) mass is 357 g/mol. The fourth-order valence-electron chi connectivity index (χ4n) is 4.01. The largest absolute Gasteiger partial charge is 0.492 e. The lowest BCUT2D eigenvalue weighted by Gasteiger charge is -2.16. The van der Waals surface area contributed by atoms with E-state index in [1.165, 1.54) is 0 Å². The maximum atomic E-state index is 6.16. The highest BCUT2D eigenvalue weighted by molar-refractivity contribution is 6.04. The van der Waals surface area contributed by atoms with Gasteiger partial charge in [-0.3, -0.25) is 4.98 Å². The molecule has 5 rings (SSSR count). The maximum absolute atomic E-state index is 6.16. The van der Waals surface area contributed by atoms with Crippen molar-refractivity contribution in [2.24, 2.45) is 0 Å². The number of hydrogen-bond donors (Lipinski definition) is 2. The molecule has 2 aromatic carbocycles. The van der Waals surface area contributed by atoms with Crippen LogP contribution in [0.5, 0.6) is 5.75 Å². The number of para-hydroxylation sites is 1. The van der Waals surface area contributed by atoms with Crippen LogP contribution in [0, 0.1) is 6.92 Å². The van der Waals surface area contributed by atoms with Gasteiger partial charge in [0, 0.05) is 22.6 Å². The lowest BCUT2D eigenvalue weighted by molar-refractivity contribution is 0.340. The van der Waals surface area contributed by atoms with Crippen LogP contribution in [-0.4, -0.2) is 21.6 Å². The molecule has 1 atom stereocenters. The molecule has 0 radical (unpaired) electrons. The Hall–Kier alpha value is -3.41. The summed E-state index contributed by atoms with van der Waals surface area (Å²) in [6.45, 7) is 4.77. The van der Waals surface area contributed by atoms with E-state index in [1.807, 2.05) is 25.1 Å². The van der Waals surface area contributed by atoms with Crippen LogP contribution in [0.3, 0.4) is 0 Å². The Morgan fingerprint density at radius 2 is 1.81 bits per heavy atom. The average Bonchev–Trinajstić information content (AvgIpc) is 3.01. The lowest BCUT2D eigenvalue weighted by Crippen LogP contribution is -2.02. The number of aryl methyl sites for hydroxylation is 1. The molecule has 0 saturated heterocycles. The first-order chi connectivity index (χ1) is 13.0. The molecule has 0 fully saturated rings. The third-order valence-corrected chi connectivity index (χ3v) is 5.13. The van der Waals surface area contributed by atoms with Gasteiger partial charge in [-0.2, -0.15) is 4.98 Å². The predicted octanol–water partition coefficient (Wildman–Crippen LogP) is 3.81. The molecule has 1 aliphatic heterocycles. The van der Waals surface area contributed by atoms with Crippen molar-refractivity contribution in [3.8, 4) is 16.9 Å². The third-order valence-electron chi connectivity index (χ3n) is 5.13. The van der Waals surface area contributed by atoms with Gasteiger partial charge in [-0.25, -0.2) is 4.98 Å². The molecule has 6 nitrogen and oxygen atoms in total. The van der Waals surface area contributed by atoms with E-state index in [-0.39, 0.29) is 11.9 Å². The van der Waals surface area contributed by atoms with Gasteiger partial charge < -0.3 is 16.2 Å². The Kier molecular flexibility index (Phi) is 3.25. The van der Waals surface area contributed by atoms with Crippen LogP contribution in [0.4, 0.5) is 11.8 Å². The smallest absolute Gasteiger partial charge is 0.222 e. The number of fused-ring (bicyclic) bond motifs is 4. The molecule has 0 spiro atoms. The molecule has 1 unspecified atom stereocenters. The summed E-state index contributed by atoms with van der Waals surface area (Å²) in [5.41, 5.74) is 18.0. The molecule has 0 saturated carbocycles. The molecule has 2 aromatic heterocycles. The number of pyridine rings is 1. The number of nitrogen functional groups attached to an aromatic ring is 2. The highest BCUT2D eigenvalue weighted by Crippen LogP contribution is 2.48. The lowest BCUT2D eigenvalue weighted by atomic mass is 9.89. The van der Waals surface area contributed by atoms with Gasteiger partial charge in [0.15, 0.2) is 0 Å². The van der Waals surface area contributed by atoms with Gasteiger partial charge >= 0.3 is 0 Å². The van der Waals surface area contributed by atoms with Gasteiger partial charge in [-0.05, 0) is 36.2 Å². The summed E-state index contributed by atoms with van der Waals surface area (Å²) >= 11 is 0. The third kappa shape index (κ3) is 2.30. The Labute approximate surface area is 156 Å². The molecule has 4 aromatic rings. The zero-order valence-corrected chi connectivity index (χ0v) is 15.2. The Morgan fingerprint density at radius 3 is 2.67 bits per heavy atom. The van der Waals surface area contributed by atoms with Crippen molar-refractivity contribution in [3.63, 3.8) is 0 Å². The van der Waals surface area contributed by atoms with Crippen LogP contribution in [0.15, 0.2) is 36.4 Å². The molecule has 1 aliphatic rings. The first-order valence-corrected chi connectivity index (χ1v) is 8.92. The van der Waals surface area contributed by atoms with Gasteiger partial charge in [0.1, 0.15) is 11.6 Å². The van der Waals surface area contributed by atoms with E-state index in [9.17, 15) is 0 Å². The normalized spacial score (nSPS) is 15.9. The van der Waals surface area contributed by atoms with E-state index in [0.717, 1.165) is 44.4 Å². The van der Waals surface area contributed by atoms with E-state index in [1.54, 1.807) is 0 Å². The molecular formula is C21H19N5O. The quantitative estimate of drug-likeness (QED) is 0.537. The number of hydrogen-bond acceptors (Lipinski definition) is 6. The number of aromatic nitrogens is 3. The number of nitrogens with two attached hydrogens (primary N) is 2. The molecule has 3 heterocycles. The molecule has 134 valence electrons. The molecule has 4 N–H and O–H groups in total. The zero-order chi connectivity index (χ0) is 18.7. The van der Waals surface area contributed by atoms with E-state index in [0.29, 0.717) is 17.9 Å². The van der Waals surface area contributed by atoms with E-state index < -0.39 is 0 Å². The average molecular weight is 357 g/mol. The number of benzene rings is 2. The fourth-order valence-corrected chi connectivity index (χ4v) is 4.01. The number of ether oxygens (including phenoxy) is 1. The summed E-state index contributed by atoms with van der Waals surface area (Å²) in [6.07, 6.45) is 0. The summed E-state index contributed by atoms with van der Waals surface area (Å²) in [5.74, 6) is 1.52. The van der Waals surface area contributed by atoms with Crippen LogP contribution in [0.25, 0.3) is 32.9 Å². The fraction of sp³-hybridized carbons (Fsp3) is 0.190. The standard InChI is InChI=1S/C21H19N5O/c1-10-9-27-19-17(10)14(8-16-18(19)20(22)26-21(23)25-16)13-7-11(2)24-15-6-4-3-5-12(13)15/h3-8,10H,9H2,1-2H3,(H4,22,23,25,26). The summed E-state index contributed by atoms with van der Waals surface area (Å²) in [7, 11) is 0. The van der Waals surface area contributed by atoms with Crippen LogP contribution < -0.4 is 16.2 Å². The van der Waals surface area contributed by atoms with E-state index >= 15 is 0 Å². The second-order valence-electron chi connectivity index (χ2n) is 7.07. The zero-order valence-electron chi connectivity index (χ0n) is 15.2. The predicted molar refractivity (Wildman–Crippen MR) is 108 cm³/mol. The molecule has 0 amide bonds. The first-order valence-electron chi connectivity index (χ1n) is 8.92. The Morgan fingerprint density at radius 1 is 1.00 bits per heavy atom. The summed E-state index contributed by atoms with van der Waals surface area (Å²) in [6, 6.07) is 12.3. The first kappa shape index (κ1) is 15.8. The molecular weight excluding hydrogens is 338 g/mol.